The lowest BCUT2D eigenvalue weighted by molar-refractivity contribution is 0.511. The van der Waals surface area contributed by atoms with Gasteiger partial charge in [-0.2, -0.15) is 0 Å². The molecule has 0 aliphatic heterocycles. The van der Waals surface area contributed by atoms with E-state index in [4.69, 9.17) is 5.73 Å². The van der Waals surface area contributed by atoms with E-state index in [9.17, 15) is 8.78 Å². The van der Waals surface area contributed by atoms with Crippen molar-refractivity contribution in [3.63, 3.8) is 0 Å². The van der Waals surface area contributed by atoms with Gasteiger partial charge in [0.1, 0.15) is 0 Å². The van der Waals surface area contributed by atoms with Gasteiger partial charge >= 0.3 is 0 Å². The summed E-state index contributed by atoms with van der Waals surface area (Å²) in [7, 11) is 0. The van der Waals surface area contributed by atoms with Crippen LogP contribution in [0.25, 0.3) is 11.1 Å². The molecule has 2 N–H and O–H groups in total. The highest BCUT2D eigenvalue weighted by Crippen LogP contribution is 2.29. The molecule has 0 spiro atoms. The van der Waals surface area contributed by atoms with Crippen LogP contribution in [0, 0.1) is 18.6 Å². The molecule has 1 nitrogen and oxygen atoms in total. The van der Waals surface area contributed by atoms with Crippen LogP contribution in [0.2, 0.25) is 0 Å². The number of aryl methyl sites for hydroxylation is 1. The van der Waals surface area contributed by atoms with Crippen LogP contribution in [0.3, 0.4) is 0 Å². The summed E-state index contributed by atoms with van der Waals surface area (Å²) in [5.41, 5.74) is 7.47. The number of hydrogen-bond donors (Lipinski definition) is 1. The van der Waals surface area contributed by atoms with Gasteiger partial charge in [0.05, 0.1) is 0 Å². The number of halogens is 2. The van der Waals surface area contributed by atoms with E-state index >= 15 is 0 Å². The van der Waals surface area contributed by atoms with Gasteiger partial charge in [0.25, 0.3) is 0 Å². The largest absolute Gasteiger partial charge is 0.399 e. The first-order valence-corrected chi connectivity index (χ1v) is 4.90. The van der Waals surface area contributed by atoms with Crippen LogP contribution in [-0.4, -0.2) is 0 Å². The van der Waals surface area contributed by atoms with Gasteiger partial charge in [0, 0.05) is 11.3 Å². The Bertz CT molecular complexity index is 535. The molecule has 0 fully saturated rings. The summed E-state index contributed by atoms with van der Waals surface area (Å²) in [6.07, 6.45) is 0. The first-order valence-electron chi connectivity index (χ1n) is 4.90. The van der Waals surface area contributed by atoms with Crippen molar-refractivity contribution in [1.82, 2.24) is 0 Å². The van der Waals surface area contributed by atoms with Crippen molar-refractivity contribution < 1.29 is 8.78 Å². The molecular formula is C13H11F2N. The summed E-state index contributed by atoms with van der Waals surface area (Å²) in [6.45, 7) is 1.84. The van der Waals surface area contributed by atoms with Gasteiger partial charge in [-0.15, -0.1) is 0 Å². The molecule has 3 heteroatoms. The van der Waals surface area contributed by atoms with Crippen LogP contribution < -0.4 is 5.73 Å². The van der Waals surface area contributed by atoms with Gasteiger partial charge in [-0.3, -0.25) is 0 Å². The smallest absolute Gasteiger partial charge is 0.166 e. The van der Waals surface area contributed by atoms with Crippen LogP contribution in [0.5, 0.6) is 0 Å². The minimum atomic E-state index is -0.918. The van der Waals surface area contributed by atoms with Gasteiger partial charge in [0.15, 0.2) is 11.6 Å². The van der Waals surface area contributed by atoms with Gasteiger partial charge in [-0.05, 0) is 30.2 Å². The van der Waals surface area contributed by atoms with Crippen molar-refractivity contribution in [3.8, 4) is 11.1 Å². The van der Waals surface area contributed by atoms with E-state index in [1.54, 1.807) is 12.1 Å². The van der Waals surface area contributed by atoms with E-state index in [-0.39, 0.29) is 11.3 Å². The number of hydrogen-bond acceptors (Lipinski definition) is 1. The summed E-state index contributed by atoms with van der Waals surface area (Å²) < 4.78 is 26.8. The Morgan fingerprint density at radius 1 is 1.00 bits per heavy atom. The molecule has 82 valence electrons. The molecule has 0 amide bonds. The fourth-order valence-corrected chi connectivity index (χ4v) is 1.68. The highest BCUT2D eigenvalue weighted by Gasteiger charge is 2.12. The quantitative estimate of drug-likeness (QED) is 0.729. The second kappa shape index (κ2) is 3.93. The molecule has 0 aromatic heterocycles. The lowest BCUT2D eigenvalue weighted by Gasteiger charge is -2.08. The molecule has 0 saturated heterocycles. The van der Waals surface area contributed by atoms with Crippen LogP contribution in [0.1, 0.15) is 5.56 Å². The zero-order valence-corrected chi connectivity index (χ0v) is 8.80. The molecule has 0 saturated carbocycles. The van der Waals surface area contributed by atoms with E-state index in [2.05, 4.69) is 0 Å². The molecule has 2 rings (SSSR count). The second-order valence-electron chi connectivity index (χ2n) is 3.68. The molecular weight excluding hydrogens is 208 g/mol. The first-order chi connectivity index (χ1) is 7.59. The highest BCUT2D eigenvalue weighted by atomic mass is 19.2. The number of nitrogen functional groups attached to an aromatic ring is 1. The predicted octanol–water partition coefficient (Wildman–Crippen LogP) is 3.52. The molecule has 0 radical (unpaired) electrons. The van der Waals surface area contributed by atoms with Crippen molar-refractivity contribution >= 4 is 5.69 Å². The third-order valence-corrected chi connectivity index (χ3v) is 2.49. The summed E-state index contributed by atoms with van der Waals surface area (Å²) >= 11 is 0. The fourth-order valence-electron chi connectivity index (χ4n) is 1.68. The normalized spacial score (nSPS) is 10.4. The Balaban J connectivity index is 2.69. The van der Waals surface area contributed by atoms with Crippen molar-refractivity contribution in [2.45, 2.75) is 6.92 Å². The maximum absolute atomic E-state index is 13.6. The third kappa shape index (κ3) is 1.76. The van der Waals surface area contributed by atoms with Gasteiger partial charge < -0.3 is 5.73 Å². The number of benzene rings is 2. The minimum absolute atomic E-state index is 0.204. The lowest BCUT2D eigenvalue weighted by atomic mass is 9.99. The van der Waals surface area contributed by atoms with Crippen LogP contribution >= 0.6 is 0 Å². The Kier molecular flexibility index (Phi) is 2.60. The highest BCUT2D eigenvalue weighted by molar-refractivity contribution is 5.71. The molecule has 0 bridgehead atoms. The van der Waals surface area contributed by atoms with Crippen molar-refractivity contribution in [2.24, 2.45) is 0 Å². The molecule has 0 heterocycles. The van der Waals surface area contributed by atoms with E-state index < -0.39 is 11.6 Å². The average Bonchev–Trinajstić information content (AvgIpc) is 2.24. The maximum atomic E-state index is 13.6. The molecule has 0 atom stereocenters. The molecule has 16 heavy (non-hydrogen) atoms. The predicted molar refractivity (Wildman–Crippen MR) is 60.9 cm³/mol. The maximum Gasteiger partial charge on any atom is 0.166 e. The zero-order chi connectivity index (χ0) is 11.7. The van der Waals surface area contributed by atoms with Crippen LogP contribution in [0.4, 0.5) is 14.5 Å². The standard InChI is InChI=1S/C13H11F2N/c1-8-4-2-3-5-10(8)11-6-9(16)7-12(14)13(11)15/h2-7H,16H2,1H3. The average molecular weight is 219 g/mol. The van der Waals surface area contributed by atoms with Gasteiger partial charge in [-0.25, -0.2) is 8.78 Å². The topological polar surface area (TPSA) is 26.0 Å². The Hall–Kier alpha value is -1.90. The fraction of sp³-hybridized carbons (Fsp3) is 0.0769. The first kappa shape index (κ1) is 10.6. The SMILES string of the molecule is Cc1ccccc1-c1cc(N)cc(F)c1F. The second-order valence-corrected chi connectivity index (χ2v) is 3.68. The monoisotopic (exact) mass is 219 g/mol. The van der Waals surface area contributed by atoms with Crippen LogP contribution in [0.15, 0.2) is 36.4 Å². The van der Waals surface area contributed by atoms with E-state index in [0.29, 0.717) is 5.56 Å². The van der Waals surface area contributed by atoms with Crippen molar-refractivity contribution in [3.05, 3.63) is 53.6 Å². The molecule has 2 aromatic carbocycles. The lowest BCUT2D eigenvalue weighted by Crippen LogP contribution is -1.95. The van der Waals surface area contributed by atoms with Gasteiger partial charge in [-0.1, -0.05) is 24.3 Å². The van der Waals surface area contributed by atoms with Crippen molar-refractivity contribution in [2.75, 3.05) is 5.73 Å². The summed E-state index contributed by atoms with van der Waals surface area (Å²) in [5, 5.41) is 0. The van der Waals surface area contributed by atoms with E-state index in [1.807, 2.05) is 19.1 Å². The molecule has 2 aromatic rings. The Morgan fingerprint density at radius 2 is 1.69 bits per heavy atom. The van der Waals surface area contributed by atoms with Crippen molar-refractivity contribution in [1.29, 1.82) is 0 Å². The minimum Gasteiger partial charge on any atom is -0.399 e. The number of rotatable bonds is 1. The third-order valence-electron chi connectivity index (χ3n) is 2.49. The summed E-state index contributed by atoms with van der Waals surface area (Å²) in [6, 6.07) is 9.64. The number of anilines is 1. The van der Waals surface area contributed by atoms with E-state index in [1.165, 1.54) is 6.07 Å². The molecule has 0 aliphatic carbocycles. The zero-order valence-electron chi connectivity index (χ0n) is 8.80. The molecule has 0 unspecified atom stereocenters. The summed E-state index contributed by atoms with van der Waals surface area (Å²) in [4.78, 5) is 0. The van der Waals surface area contributed by atoms with Gasteiger partial charge in [0.2, 0.25) is 0 Å². The summed E-state index contributed by atoms with van der Waals surface area (Å²) in [5.74, 6) is -1.78. The Labute approximate surface area is 92.5 Å². The molecule has 0 aliphatic rings. The number of nitrogens with two attached hydrogens (primary N) is 1. The van der Waals surface area contributed by atoms with Crippen LogP contribution in [-0.2, 0) is 0 Å². The Morgan fingerprint density at radius 3 is 2.38 bits per heavy atom. The van der Waals surface area contributed by atoms with E-state index in [0.717, 1.165) is 11.6 Å².